The molecule has 0 radical (unpaired) electrons. The monoisotopic (exact) mass is 269 g/mol. The van der Waals surface area contributed by atoms with Crippen LogP contribution >= 0.6 is 0 Å². The fraction of sp³-hybridized carbons (Fsp3) is 0.933. The van der Waals surface area contributed by atoms with Crippen molar-refractivity contribution < 1.29 is 4.79 Å². The van der Waals surface area contributed by atoms with Gasteiger partial charge in [-0.25, -0.2) is 0 Å². The zero-order chi connectivity index (χ0) is 14.5. The molecule has 19 heavy (non-hydrogen) atoms. The first-order chi connectivity index (χ1) is 8.83. The number of hydrogen-bond donors (Lipinski definition) is 2. The summed E-state index contributed by atoms with van der Waals surface area (Å²) in [6, 6.07) is 0.239. The third kappa shape index (κ3) is 5.49. The van der Waals surface area contributed by atoms with Crippen molar-refractivity contribution in [2.24, 2.45) is 5.92 Å². The second kappa shape index (κ2) is 7.25. The van der Waals surface area contributed by atoms with Crippen molar-refractivity contribution in [1.82, 2.24) is 15.5 Å². The Morgan fingerprint density at radius 1 is 1.37 bits per heavy atom. The van der Waals surface area contributed by atoms with Gasteiger partial charge in [0.15, 0.2) is 0 Å². The predicted molar refractivity (Wildman–Crippen MR) is 80.2 cm³/mol. The van der Waals surface area contributed by atoms with Crippen LogP contribution in [-0.4, -0.2) is 49.6 Å². The summed E-state index contributed by atoms with van der Waals surface area (Å²) >= 11 is 0. The molecule has 1 aliphatic rings. The van der Waals surface area contributed by atoms with Crippen molar-refractivity contribution in [3.63, 3.8) is 0 Å². The molecule has 0 aromatic rings. The van der Waals surface area contributed by atoms with E-state index >= 15 is 0 Å². The molecule has 1 fully saturated rings. The highest BCUT2D eigenvalue weighted by Gasteiger charge is 2.35. The second-order valence-electron chi connectivity index (χ2n) is 6.78. The van der Waals surface area contributed by atoms with E-state index in [2.05, 4.69) is 43.5 Å². The van der Waals surface area contributed by atoms with Crippen LogP contribution < -0.4 is 10.6 Å². The van der Waals surface area contributed by atoms with Crippen LogP contribution in [-0.2, 0) is 4.79 Å². The number of likely N-dealkylation sites (N-methyl/N-ethyl adjacent to an activating group) is 1. The van der Waals surface area contributed by atoms with E-state index in [0.29, 0.717) is 5.92 Å². The van der Waals surface area contributed by atoms with Crippen molar-refractivity contribution in [2.45, 2.75) is 58.0 Å². The number of carbonyl (C=O) groups excluding carboxylic acids is 1. The molecule has 0 aliphatic carbocycles. The number of nitrogens with zero attached hydrogens (tertiary/aromatic N) is 1. The number of rotatable bonds is 6. The molecule has 2 atom stereocenters. The molecule has 0 spiro atoms. The Labute approximate surface area is 118 Å². The van der Waals surface area contributed by atoms with Crippen LogP contribution in [0.3, 0.4) is 0 Å². The summed E-state index contributed by atoms with van der Waals surface area (Å²) in [5, 5.41) is 6.63. The normalized spacial score (nSPS) is 25.6. The van der Waals surface area contributed by atoms with Gasteiger partial charge in [0.2, 0.25) is 5.91 Å². The molecule has 0 aromatic heterocycles. The lowest BCUT2D eigenvalue weighted by atomic mass is 9.89. The van der Waals surface area contributed by atoms with Gasteiger partial charge >= 0.3 is 0 Å². The molecule has 0 saturated carbocycles. The van der Waals surface area contributed by atoms with Crippen LogP contribution in [0.2, 0.25) is 0 Å². The SMILES string of the molecule is CC(C)CC(CN(C)C)NC(=O)C1(C)CCCCN1. The maximum atomic E-state index is 12.5. The topological polar surface area (TPSA) is 44.4 Å². The Bertz CT molecular complexity index is 273. The van der Waals surface area contributed by atoms with Gasteiger partial charge in [0.25, 0.3) is 0 Å². The van der Waals surface area contributed by atoms with Crippen molar-refractivity contribution >= 4 is 5.91 Å². The summed E-state index contributed by atoms with van der Waals surface area (Å²) in [4.78, 5) is 14.6. The van der Waals surface area contributed by atoms with Gasteiger partial charge in [-0.1, -0.05) is 13.8 Å². The molecule has 0 bridgehead atoms. The highest BCUT2D eigenvalue weighted by Crippen LogP contribution is 2.19. The van der Waals surface area contributed by atoms with Crippen molar-refractivity contribution in [1.29, 1.82) is 0 Å². The molecule has 2 N–H and O–H groups in total. The first kappa shape index (κ1) is 16.4. The Balaban J connectivity index is 2.58. The van der Waals surface area contributed by atoms with Gasteiger partial charge in [0.1, 0.15) is 0 Å². The Hall–Kier alpha value is -0.610. The zero-order valence-corrected chi connectivity index (χ0v) is 13.3. The van der Waals surface area contributed by atoms with Crippen molar-refractivity contribution in [3.8, 4) is 0 Å². The van der Waals surface area contributed by atoms with Gasteiger partial charge in [-0.05, 0) is 59.2 Å². The quantitative estimate of drug-likeness (QED) is 0.770. The van der Waals surface area contributed by atoms with Crippen LogP contribution in [0.4, 0.5) is 0 Å². The number of nitrogens with one attached hydrogen (secondary N) is 2. The van der Waals surface area contributed by atoms with Gasteiger partial charge in [-0.2, -0.15) is 0 Å². The van der Waals surface area contributed by atoms with E-state index in [-0.39, 0.29) is 17.5 Å². The minimum Gasteiger partial charge on any atom is -0.350 e. The van der Waals surface area contributed by atoms with E-state index in [9.17, 15) is 4.79 Å². The molecule has 0 aromatic carbocycles. The van der Waals surface area contributed by atoms with E-state index in [0.717, 1.165) is 32.4 Å². The number of hydrogen-bond acceptors (Lipinski definition) is 3. The van der Waals surface area contributed by atoms with Crippen molar-refractivity contribution in [2.75, 3.05) is 27.2 Å². The third-order valence-electron chi connectivity index (χ3n) is 3.80. The van der Waals surface area contributed by atoms with Gasteiger partial charge in [-0.15, -0.1) is 0 Å². The third-order valence-corrected chi connectivity index (χ3v) is 3.80. The van der Waals surface area contributed by atoms with Crippen LogP contribution in [0.1, 0.15) is 46.5 Å². The maximum absolute atomic E-state index is 12.5. The highest BCUT2D eigenvalue weighted by atomic mass is 16.2. The van der Waals surface area contributed by atoms with Gasteiger partial charge in [0, 0.05) is 12.6 Å². The smallest absolute Gasteiger partial charge is 0.240 e. The molecule has 1 amide bonds. The van der Waals surface area contributed by atoms with Crippen LogP contribution in [0.25, 0.3) is 0 Å². The molecule has 1 rings (SSSR count). The van der Waals surface area contributed by atoms with Gasteiger partial charge in [-0.3, -0.25) is 4.79 Å². The first-order valence-corrected chi connectivity index (χ1v) is 7.54. The van der Waals surface area contributed by atoms with Crippen LogP contribution in [0.15, 0.2) is 0 Å². The van der Waals surface area contributed by atoms with Gasteiger partial charge in [0.05, 0.1) is 5.54 Å². The number of piperidine rings is 1. The van der Waals surface area contributed by atoms with Crippen LogP contribution in [0, 0.1) is 5.92 Å². The number of amides is 1. The molecule has 2 unspecified atom stereocenters. The molecule has 4 heteroatoms. The predicted octanol–water partition coefficient (Wildman–Crippen LogP) is 1.61. The lowest BCUT2D eigenvalue weighted by Gasteiger charge is -2.35. The molecule has 1 saturated heterocycles. The summed E-state index contributed by atoms with van der Waals surface area (Å²) < 4.78 is 0. The highest BCUT2D eigenvalue weighted by molar-refractivity contribution is 5.86. The second-order valence-corrected chi connectivity index (χ2v) is 6.78. The lowest BCUT2D eigenvalue weighted by Crippen LogP contribution is -2.59. The average Bonchev–Trinajstić information content (AvgIpc) is 2.27. The average molecular weight is 269 g/mol. The molecular weight excluding hydrogens is 238 g/mol. The molecule has 4 nitrogen and oxygen atoms in total. The fourth-order valence-electron chi connectivity index (χ4n) is 2.78. The zero-order valence-electron chi connectivity index (χ0n) is 13.3. The van der Waals surface area contributed by atoms with E-state index in [1.807, 2.05) is 6.92 Å². The van der Waals surface area contributed by atoms with Crippen LogP contribution in [0.5, 0.6) is 0 Å². The molecule has 112 valence electrons. The summed E-state index contributed by atoms with van der Waals surface area (Å²) in [6.45, 7) is 8.29. The Morgan fingerprint density at radius 2 is 2.05 bits per heavy atom. The summed E-state index contributed by atoms with van der Waals surface area (Å²) in [5.74, 6) is 0.761. The van der Waals surface area contributed by atoms with Gasteiger partial charge < -0.3 is 15.5 Å². The first-order valence-electron chi connectivity index (χ1n) is 7.54. The molecule has 1 heterocycles. The molecule has 1 aliphatic heterocycles. The summed E-state index contributed by atoms with van der Waals surface area (Å²) in [5.41, 5.74) is -0.375. The summed E-state index contributed by atoms with van der Waals surface area (Å²) in [7, 11) is 4.11. The standard InChI is InChI=1S/C15H31N3O/c1-12(2)10-13(11-18(4)5)17-14(19)15(3)8-6-7-9-16-15/h12-13,16H,6-11H2,1-5H3,(H,17,19). The Kier molecular flexibility index (Phi) is 6.27. The summed E-state index contributed by atoms with van der Waals surface area (Å²) in [6.07, 6.45) is 4.28. The van der Waals surface area contributed by atoms with E-state index in [1.54, 1.807) is 0 Å². The lowest BCUT2D eigenvalue weighted by molar-refractivity contribution is -0.128. The molecular formula is C15H31N3O. The Morgan fingerprint density at radius 3 is 2.53 bits per heavy atom. The number of carbonyl (C=O) groups is 1. The largest absolute Gasteiger partial charge is 0.350 e. The maximum Gasteiger partial charge on any atom is 0.240 e. The van der Waals surface area contributed by atoms with E-state index in [1.165, 1.54) is 6.42 Å². The fourth-order valence-corrected chi connectivity index (χ4v) is 2.78. The minimum atomic E-state index is -0.375. The van der Waals surface area contributed by atoms with E-state index < -0.39 is 0 Å². The van der Waals surface area contributed by atoms with Crippen molar-refractivity contribution in [3.05, 3.63) is 0 Å². The minimum absolute atomic E-state index is 0.166. The van der Waals surface area contributed by atoms with E-state index in [4.69, 9.17) is 0 Å².